The minimum Gasteiger partial charge on any atom is -0.465 e. The molecule has 1 aromatic carbocycles. The Morgan fingerprint density at radius 1 is 1.11 bits per heavy atom. The minimum atomic E-state index is -0.722. The number of ether oxygens (including phenoxy) is 1. The molecule has 1 aliphatic rings. The highest BCUT2D eigenvalue weighted by atomic mass is 16.5. The number of pyridine rings is 1. The molecule has 0 radical (unpaired) electrons. The van der Waals surface area contributed by atoms with Crippen molar-refractivity contribution in [3.05, 3.63) is 65.5 Å². The molecule has 1 aromatic heterocycles. The summed E-state index contributed by atoms with van der Waals surface area (Å²) < 4.78 is 5.23. The molecular formula is C24H29NO3. The molecule has 28 heavy (non-hydrogen) atoms. The summed E-state index contributed by atoms with van der Waals surface area (Å²) in [7, 11) is 0. The van der Waals surface area contributed by atoms with Crippen molar-refractivity contribution < 1.29 is 14.3 Å². The van der Waals surface area contributed by atoms with Crippen molar-refractivity contribution in [2.45, 2.75) is 51.9 Å². The summed E-state index contributed by atoms with van der Waals surface area (Å²) in [6.07, 6.45) is 5.77. The predicted molar refractivity (Wildman–Crippen MR) is 109 cm³/mol. The molecule has 4 heteroatoms. The molecule has 0 bridgehead atoms. The van der Waals surface area contributed by atoms with Gasteiger partial charge in [-0.05, 0) is 75.1 Å². The lowest BCUT2D eigenvalue weighted by Gasteiger charge is -2.29. The van der Waals surface area contributed by atoms with Crippen molar-refractivity contribution in [3.63, 3.8) is 0 Å². The third kappa shape index (κ3) is 5.06. The lowest BCUT2D eigenvalue weighted by Crippen LogP contribution is -2.34. The van der Waals surface area contributed by atoms with E-state index in [0.29, 0.717) is 18.9 Å². The Bertz CT molecular complexity index is 795. The lowest BCUT2D eigenvalue weighted by atomic mass is 9.74. The van der Waals surface area contributed by atoms with Gasteiger partial charge >= 0.3 is 5.97 Å². The Hall–Kier alpha value is -2.49. The van der Waals surface area contributed by atoms with E-state index in [1.807, 2.05) is 25.1 Å². The van der Waals surface area contributed by atoms with E-state index in [-0.39, 0.29) is 11.7 Å². The molecule has 0 saturated heterocycles. The van der Waals surface area contributed by atoms with E-state index in [9.17, 15) is 9.59 Å². The van der Waals surface area contributed by atoms with Gasteiger partial charge in [0.25, 0.3) is 0 Å². The van der Waals surface area contributed by atoms with Gasteiger partial charge in [-0.25, -0.2) is 0 Å². The van der Waals surface area contributed by atoms with Gasteiger partial charge in [-0.3, -0.25) is 14.6 Å². The molecule has 1 aliphatic carbocycles. The fourth-order valence-corrected chi connectivity index (χ4v) is 4.23. The summed E-state index contributed by atoms with van der Waals surface area (Å²) in [6, 6.07) is 14.3. The number of nitrogens with zero attached hydrogens (tertiary/aromatic N) is 1. The van der Waals surface area contributed by atoms with Gasteiger partial charge in [-0.1, -0.05) is 30.3 Å². The molecule has 3 rings (SSSR count). The Labute approximate surface area is 167 Å². The van der Waals surface area contributed by atoms with Crippen molar-refractivity contribution in [1.29, 1.82) is 0 Å². The molecule has 1 fully saturated rings. The van der Waals surface area contributed by atoms with Crippen molar-refractivity contribution in [1.82, 2.24) is 4.98 Å². The Balaban J connectivity index is 1.68. The zero-order valence-corrected chi connectivity index (χ0v) is 16.8. The van der Waals surface area contributed by atoms with E-state index in [0.717, 1.165) is 36.9 Å². The second-order valence-electron chi connectivity index (χ2n) is 7.68. The zero-order chi connectivity index (χ0) is 19.9. The Kier molecular flexibility index (Phi) is 6.96. The van der Waals surface area contributed by atoms with E-state index < -0.39 is 11.9 Å². The first-order valence-corrected chi connectivity index (χ1v) is 10.2. The summed E-state index contributed by atoms with van der Waals surface area (Å²) >= 11 is 0. The van der Waals surface area contributed by atoms with Gasteiger partial charge in [0.2, 0.25) is 0 Å². The van der Waals surface area contributed by atoms with E-state index >= 15 is 0 Å². The fourth-order valence-electron chi connectivity index (χ4n) is 4.23. The van der Waals surface area contributed by atoms with Crippen LogP contribution >= 0.6 is 0 Å². The van der Waals surface area contributed by atoms with Crippen LogP contribution in [0.15, 0.2) is 48.7 Å². The molecule has 0 N–H and O–H groups in total. The standard InChI is InChI=1S/C24H29NO3/c1-3-28-24(27)22(16-18-13-14-25-17(2)15-18)23(26)21-11-9-20(10-12-21)19-7-5-4-6-8-19/h4-8,13-15,20-22H,3,9-12,16H2,1-2H3/t20-,21-,22?. The summed E-state index contributed by atoms with van der Waals surface area (Å²) in [4.78, 5) is 30.0. The highest BCUT2D eigenvalue weighted by molar-refractivity contribution is 6.00. The second kappa shape index (κ2) is 9.63. The first kappa shape index (κ1) is 20.2. The maximum Gasteiger partial charge on any atom is 0.316 e. The van der Waals surface area contributed by atoms with E-state index in [4.69, 9.17) is 4.74 Å². The van der Waals surface area contributed by atoms with E-state index in [1.54, 1.807) is 13.1 Å². The number of aromatic nitrogens is 1. The van der Waals surface area contributed by atoms with Gasteiger partial charge in [-0.2, -0.15) is 0 Å². The summed E-state index contributed by atoms with van der Waals surface area (Å²) in [5, 5.41) is 0. The Morgan fingerprint density at radius 2 is 1.82 bits per heavy atom. The maximum atomic E-state index is 13.2. The number of hydrogen-bond acceptors (Lipinski definition) is 4. The zero-order valence-electron chi connectivity index (χ0n) is 16.8. The molecule has 148 valence electrons. The average molecular weight is 380 g/mol. The molecule has 1 atom stereocenters. The van der Waals surface area contributed by atoms with Gasteiger partial charge in [0.15, 0.2) is 5.78 Å². The summed E-state index contributed by atoms with van der Waals surface area (Å²) in [5.74, 6) is -0.627. The maximum absolute atomic E-state index is 13.2. The number of carbonyl (C=O) groups is 2. The number of aryl methyl sites for hydroxylation is 1. The van der Waals surface area contributed by atoms with Gasteiger partial charge < -0.3 is 4.74 Å². The van der Waals surface area contributed by atoms with Crippen LogP contribution in [-0.2, 0) is 20.7 Å². The van der Waals surface area contributed by atoms with Crippen LogP contribution in [0.1, 0.15) is 55.3 Å². The smallest absolute Gasteiger partial charge is 0.316 e. The molecule has 0 aliphatic heterocycles. The molecule has 1 saturated carbocycles. The molecule has 1 heterocycles. The summed E-state index contributed by atoms with van der Waals surface area (Å²) in [6.45, 7) is 3.98. The van der Waals surface area contributed by atoms with Crippen LogP contribution in [-0.4, -0.2) is 23.3 Å². The summed E-state index contributed by atoms with van der Waals surface area (Å²) in [5.41, 5.74) is 3.19. The first-order valence-electron chi connectivity index (χ1n) is 10.2. The highest BCUT2D eigenvalue weighted by Crippen LogP contribution is 2.37. The fraction of sp³-hybridized carbons (Fsp3) is 0.458. The number of rotatable bonds is 7. The van der Waals surface area contributed by atoms with Crippen molar-refractivity contribution >= 4 is 11.8 Å². The highest BCUT2D eigenvalue weighted by Gasteiger charge is 2.35. The minimum absolute atomic E-state index is 0.0411. The Morgan fingerprint density at radius 3 is 2.46 bits per heavy atom. The van der Waals surface area contributed by atoms with Gasteiger partial charge in [0.1, 0.15) is 5.92 Å². The van der Waals surface area contributed by atoms with Crippen LogP contribution < -0.4 is 0 Å². The van der Waals surface area contributed by atoms with Crippen LogP contribution in [0.4, 0.5) is 0 Å². The monoisotopic (exact) mass is 379 g/mol. The van der Waals surface area contributed by atoms with Crippen LogP contribution in [0, 0.1) is 18.8 Å². The third-order valence-electron chi connectivity index (χ3n) is 5.72. The molecule has 4 nitrogen and oxygen atoms in total. The number of Topliss-reactive ketones (excluding diaryl/α,β-unsaturated/α-hetero) is 1. The SMILES string of the molecule is CCOC(=O)C(Cc1ccnc(C)c1)C(=O)[C@H]1CC[C@H](c2ccccc2)CC1. The number of ketones is 1. The lowest BCUT2D eigenvalue weighted by molar-refractivity contribution is -0.152. The molecule has 0 amide bonds. The van der Waals surface area contributed by atoms with Gasteiger partial charge in [0.05, 0.1) is 6.61 Å². The van der Waals surface area contributed by atoms with Crippen LogP contribution in [0.2, 0.25) is 0 Å². The van der Waals surface area contributed by atoms with Gasteiger partial charge in [0, 0.05) is 17.8 Å². The number of benzene rings is 1. The van der Waals surface area contributed by atoms with Crippen LogP contribution in [0.5, 0.6) is 0 Å². The molecule has 0 spiro atoms. The quantitative estimate of drug-likeness (QED) is 0.519. The molecule has 1 unspecified atom stereocenters. The largest absolute Gasteiger partial charge is 0.465 e. The number of hydrogen-bond donors (Lipinski definition) is 0. The van der Waals surface area contributed by atoms with Crippen molar-refractivity contribution in [2.75, 3.05) is 6.61 Å². The normalized spacial score (nSPS) is 20.4. The average Bonchev–Trinajstić information content (AvgIpc) is 2.72. The first-order chi connectivity index (χ1) is 13.6. The van der Waals surface area contributed by atoms with Gasteiger partial charge in [-0.15, -0.1) is 0 Å². The van der Waals surface area contributed by atoms with Crippen molar-refractivity contribution in [2.24, 2.45) is 11.8 Å². The number of carbonyl (C=O) groups excluding carboxylic acids is 2. The van der Waals surface area contributed by atoms with Crippen LogP contribution in [0.3, 0.4) is 0 Å². The third-order valence-corrected chi connectivity index (χ3v) is 5.72. The van der Waals surface area contributed by atoms with E-state index in [2.05, 4.69) is 29.2 Å². The van der Waals surface area contributed by atoms with Crippen LogP contribution in [0.25, 0.3) is 0 Å². The molecule has 2 aromatic rings. The molecular weight excluding hydrogens is 350 g/mol. The predicted octanol–water partition coefficient (Wildman–Crippen LogP) is 4.65. The number of esters is 1. The van der Waals surface area contributed by atoms with Crippen molar-refractivity contribution in [3.8, 4) is 0 Å². The van der Waals surface area contributed by atoms with E-state index in [1.165, 1.54) is 5.56 Å². The second-order valence-corrected chi connectivity index (χ2v) is 7.68. The topological polar surface area (TPSA) is 56.3 Å².